The van der Waals surface area contributed by atoms with Gasteiger partial charge in [-0.15, -0.1) is 16.4 Å². The summed E-state index contributed by atoms with van der Waals surface area (Å²) >= 11 is 1.53. The molecule has 0 aromatic carbocycles. The molecule has 5 heteroatoms. The highest BCUT2D eigenvalue weighted by atomic mass is 32.1. The Morgan fingerprint density at radius 3 is 3.00 bits per heavy atom. The summed E-state index contributed by atoms with van der Waals surface area (Å²) in [5.41, 5.74) is 7.14. The number of nitrogens with zero attached hydrogens (tertiary/aromatic N) is 3. The molecule has 0 spiro atoms. The second-order valence-electron chi connectivity index (χ2n) is 2.46. The molecule has 0 saturated carbocycles. The zero-order valence-corrected chi connectivity index (χ0v) is 7.66. The first-order valence-corrected chi connectivity index (χ1v) is 4.70. The van der Waals surface area contributed by atoms with E-state index in [1.165, 1.54) is 11.3 Å². The molecule has 0 aliphatic rings. The summed E-state index contributed by atoms with van der Waals surface area (Å²) in [6.07, 6.45) is 1.64. The number of thiazole rings is 1. The van der Waals surface area contributed by atoms with Crippen molar-refractivity contribution in [2.75, 3.05) is 0 Å². The van der Waals surface area contributed by atoms with Crippen LogP contribution in [0.25, 0.3) is 10.7 Å². The van der Waals surface area contributed by atoms with Gasteiger partial charge in [0.25, 0.3) is 0 Å². The van der Waals surface area contributed by atoms with Gasteiger partial charge in [0.05, 0.1) is 5.69 Å². The molecular formula is C8H8N4S. The van der Waals surface area contributed by atoms with Crippen LogP contribution in [-0.2, 0) is 6.54 Å². The topological polar surface area (TPSA) is 64.7 Å². The molecule has 0 fully saturated rings. The van der Waals surface area contributed by atoms with Crippen LogP contribution in [0.4, 0.5) is 0 Å². The first-order chi connectivity index (χ1) is 6.40. The van der Waals surface area contributed by atoms with Gasteiger partial charge in [0, 0.05) is 18.1 Å². The Bertz CT molecular complexity index is 384. The quantitative estimate of drug-likeness (QED) is 0.772. The molecule has 2 N–H and O–H groups in total. The molecule has 66 valence electrons. The first-order valence-electron chi connectivity index (χ1n) is 3.82. The van der Waals surface area contributed by atoms with Crippen LogP contribution in [0.3, 0.4) is 0 Å². The van der Waals surface area contributed by atoms with E-state index in [1.807, 2.05) is 17.5 Å². The van der Waals surface area contributed by atoms with Crippen LogP contribution in [-0.4, -0.2) is 15.2 Å². The lowest BCUT2D eigenvalue weighted by Crippen LogP contribution is -1.96. The molecule has 0 aliphatic carbocycles. The van der Waals surface area contributed by atoms with Crippen LogP contribution in [0.1, 0.15) is 5.69 Å². The first kappa shape index (κ1) is 8.28. The van der Waals surface area contributed by atoms with Crippen LogP contribution >= 0.6 is 11.3 Å². The molecule has 0 radical (unpaired) electrons. The molecule has 2 rings (SSSR count). The van der Waals surface area contributed by atoms with E-state index in [2.05, 4.69) is 15.2 Å². The molecule has 2 heterocycles. The summed E-state index contributed by atoms with van der Waals surface area (Å²) in [5.74, 6) is 0. The maximum atomic E-state index is 5.45. The number of hydrogen-bond acceptors (Lipinski definition) is 5. The SMILES string of the molecule is NCc1csc(-c2cccnn2)n1. The number of hydrogen-bond donors (Lipinski definition) is 1. The normalized spacial score (nSPS) is 10.2. The van der Waals surface area contributed by atoms with Crippen LogP contribution in [0.5, 0.6) is 0 Å². The van der Waals surface area contributed by atoms with Crippen molar-refractivity contribution in [2.45, 2.75) is 6.54 Å². The molecule has 0 amide bonds. The van der Waals surface area contributed by atoms with Crippen LogP contribution in [0.2, 0.25) is 0 Å². The molecule has 0 unspecified atom stereocenters. The van der Waals surface area contributed by atoms with Crippen molar-refractivity contribution in [3.63, 3.8) is 0 Å². The summed E-state index contributed by atoms with van der Waals surface area (Å²) < 4.78 is 0. The minimum Gasteiger partial charge on any atom is -0.325 e. The Kier molecular flexibility index (Phi) is 2.29. The Morgan fingerprint density at radius 2 is 2.38 bits per heavy atom. The van der Waals surface area contributed by atoms with Gasteiger partial charge in [0.15, 0.2) is 0 Å². The van der Waals surface area contributed by atoms with Gasteiger partial charge in [-0.3, -0.25) is 0 Å². The van der Waals surface area contributed by atoms with Crippen molar-refractivity contribution in [2.24, 2.45) is 5.73 Å². The summed E-state index contributed by atoms with van der Waals surface area (Å²) in [7, 11) is 0. The van der Waals surface area contributed by atoms with Gasteiger partial charge >= 0.3 is 0 Å². The van der Waals surface area contributed by atoms with E-state index < -0.39 is 0 Å². The van der Waals surface area contributed by atoms with Gasteiger partial charge in [-0.05, 0) is 12.1 Å². The third kappa shape index (κ3) is 1.71. The van der Waals surface area contributed by atoms with Gasteiger partial charge in [0.2, 0.25) is 0 Å². The lowest BCUT2D eigenvalue weighted by Gasteiger charge is -1.90. The highest BCUT2D eigenvalue weighted by molar-refractivity contribution is 7.13. The molecule has 0 bridgehead atoms. The smallest absolute Gasteiger partial charge is 0.144 e. The van der Waals surface area contributed by atoms with E-state index in [4.69, 9.17) is 5.73 Å². The predicted octanol–water partition coefficient (Wildman–Crippen LogP) is 1.06. The Morgan fingerprint density at radius 1 is 1.46 bits per heavy atom. The van der Waals surface area contributed by atoms with Gasteiger partial charge in [-0.25, -0.2) is 4.98 Å². The maximum absolute atomic E-state index is 5.45. The van der Waals surface area contributed by atoms with E-state index in [-0.39, 0.29) is 0 Å². The van der Waals surface area contributed by atoms with Crippen molar-refractivity contribution >= 4 is 11.3 Å². The highest BCUT2D eigenvalue weighted by Gasteiger charge is 2.03. The zero-order valence-electron chi connectivity index (χ0n) is 6.84. The maximum Gasteiger partial charge on any atom is 0.144 e. The third-order valence-electron chi connectivity index (χ3n) is 1.55. The zero-order chi connectivity index (χ0) is 9.10. The van der Waals surface area contributed by atoms with Crippen molar-refractivity contribution in [1.82, 2.24) is 15.2 Å². The predicted molar refractivity (Wildman–Crippen MR) is 51.0 cm³/mol. The molecule has 4 nitrogen and oxygen atoms in total. The highest BCUT2D eigenvalue weighted by Crippen LogP contribution is 2.20. The molecule has 0 saturated heterocycles. The van der Waals surface area contributed by atoms with E-state index in [1.54, 1.807) is 6.20 Å². The molecule has 0 aliphatic heterocycles. The summed E-state index contributed by atoms with van der Waals surface area (Å²) in [4.78, 5) is 4.29. The second-order valence-corrected chi connectivity index (χ2v) is 3.32. The van der Waals surface area contributed by atoms with E-state index in [0.29, 0.717) is 6.54 Å². The minimum atomic E-state index is 0.469. The Labute approximate surface area is 79.5 Å². The van der Waals surface area contributed by atoms with Gasteiger partial charge in [-0.1, -0.05) is 0 Å². The van der Waals surface area contributed by atoms with Gasteiger partial charge in [-0.2, -0.15) is 5.10 Å². The largest absolute Gasteiger partial charge is 0.325 e. The third-order valence-corrected chi connectivity index (χ3v) is 2.47. The van der Waals surface area contributed by atoms with Crippen LogP contribution < -0.4 is 5.73 Å². The molecular weight excluding hydrogens is 184 g/mol. The Hall–Kier alpha value is -1.33. The number of rotatable bonds is 2. The summed E-state index contributed by atoms with van der Waals surface area (Å²) in [5, 5.41) is 10.5. The van der Waals surface area contributed by atoms with Crippen LogP contribution in [0, 0.1) is 0 Å². The van der Waals surface area contributed by atoms with Gasteiger partial charge < -0.3 is 5.73 Å². The van der Waals surface area contributed by atoms with Crippen molar-refractivity contribution in [3.8, 4) is 10.7 Å². The average Bonchev–Trinajstić information content (AvgIpc) is 2.67. The lowest BCUT2D eigenvalue weighted by atomic mass is 10.4. The van der Waals surface area contributed by atoms with E-state index in [9.17, 15) is 0 Å². The Balaban J connectivity index is 2.36. The molecule has 0 atom stereocenters. The number of nitrogens with two attached hydrogens (primary N) is 1. The van der Waals surface area contributed by atoms with Crippen molar-refractivity contribution in [1.29, 1.82) is 0 Å². The van der Waals surface area contributed by atoms with E-state index >= 15 is 0 Å². The lowest BCUT2D eigenvalue weighted by molar-refractivity contribution is 0.998. The van der Waals surface area contributed by atoms with Crippen LogP contribution in [0.15, 0.2) is 23.7 Å². The average molecular weight is 192 g/mol. The molecule has 2 aromatic rings. The fourth-order valence-corrected chi connectivity index (χ4v) is 1.73. The van der Waals surface area contributed by atoms with Crippen molar-refractivity contribution in [3.05, 3.63) is 29.4 Å². The summed E-state index contributed by atoms with van der Waals surface area (Å²) in [6, 6.07) is 3.72. The fourth-order valence-electron chi connectivity index (χ4n) is 0.934. The summed E-state index contributed by atoms with van der Waals surface area (Å²) in [6.45, 7) is 0.469. The molecule has 13 heavy (non-hydrogen) atoms. The fraction of sp³-hybridized carbons (Fsp3) is 0.125. The molecule has 2 aromatic heterocycles. The standard InChI is InChI=1S/C8H8N4S/c9-4-6-5-13-8(11-6)7-2-1-3-10-12-7/h1-3,5H,4,9H2. The van der Waals surface area contributed by atoms with E-state index in [0.717, 1.165) is 16.4 Å². The monoisotopic (exact) mass is 192 g/mol. The second kappa shape index (κ2) is 3.59. The minimum absolute atomic E-state index is 0.469. The van der Waals surface area contributed by atoms with Crippen molar-refractivity contribution < 1.29 is 0 Å². The van der Waals surface area contributed by atoms with Gasteiger partial charge in [0.1, 0.15) is 10.7 Å². The number of aromatic nitrogens is 3.